The van der Waals surface area contributed by atoms with Gasteiger partial charge in [-0.15, -0.1) is 0 Å². The molecular weight excluding hydrogens is 548 g/mol. The number of aromatic nitrogens is 2. The summed E-state index contributed by atoms with van der Waals surface area (Å²) in [4.78, 5) is 84.1. The topological polar surface area (TPSA) is 243 Å². The Morgan fingerprint density at radius 2 is 1.69 bits per heavy atom. The van der Waals surface area contributed by atoms with E-state index < -0.39 is 59.8 Å². The average molecular weight is 593 g/mol. The first-order valence-electron chi connectivity index (χ1n) is 14.2. The van der Waals surface area contributed by atoms with Gasteiger partial charge in [-0.2, -0.15) is 0 Å². The maximum absolute atomic E-state index is 13.4. The summed E-state index contributed by atoms with van der Waals surface area (Å²) < 4.78 is 0. The van der Waals surface area contributed by atoms with Crippen LogP contribution in [0.4, 0.5) is 0 Å². The van der Waals surface area contributed by atoms with Gasteiger partial charge in [0.15, 0.2) is 0 Å². The summed E-state index contributed by atoms with van der Waals surface area (Å²) in [5.41, 5.74) is 11.8. The van der Waals surface area contributed by atoms with Crippen LogP contribution >= 0.6 is 0 Å². The SMILES string of the molecule is CC(C)C[C@H](NC(=O)[C@H](CCC(N)=O)NC(=O)[C@@H]1CCCN1C(=O)[C@@H](N)C(C)C)C(=O)N[C@@H](Cc1cnc[nH]1)C(=O)O. The Balaban J connectivity index is 2.19. The smallest absolute Gasteiger partial charge is 0.326 e. The second kappa shape index (κ2) is 15.8. The summed E-state index contributed by atoms with van der Waals surface area (Å²) in [5, 5.41) is 17.3. The van der Waals surface area contributed by atoms with Gasteiger partial charge in [0.1, 0.15) is 24.2 Å². The fraction of sp³-hybridized carbons (Fsp3) is 0.667. The monoisotopic (exact) mass is 592 g/mol. The van der Waals surface area contributed by atoms with Crippen molar-refractivity contribution in [3.63, 3.8) is 0 Å². The van der Waals surface area contributed by atoms with Crippen LogP contribution in [0.3, 0.4) is 0 Å². The van der Waals surface area contributed by atoms with Crippen molar-refractivity contribution >= 4 is 35.5 Å². The first kappa shape index (κ1) is 34.2. The van der Waals surface area contributed by atoms with Gasteiger partial charge in [-0.3, -0.25) is 24.0 Å². The lowest BCUT2D eigenvalue weighted by atomic mass is 10.0. The highest BCUT2D eigenvalue weighted by molar-refractivity contribution is 5.96. The number of nitrogens with zero attached hydrogens (tertiary/aromatic N) is 2. The summed E-state index contributed by atoms with van der Waals surface area (Å²) in [5.74, 6) is -4.60. The number of rotatable bonds is 16. The quantitative estimate of drug-likeness (QED) is 0.121. The molecule has 5 amide bonds. The van der Waals surface area contributed by atoms with E-state index in [1.165, 1.54) is 17.4 Å². The maximum Gasteiger partial charge on any atom is 0.326 e. The van der Waals surface area contributed by atoms with Crippen molar-refractivity contribution in [1.29, 1.82) is 0 Å². The number of carboxylic acid groups (broad SMARTS) is 1. The molecule has 2 heterocycles. The van der Waals surface area contributed by atoms with Crippen molar-refractivity contribution in [1.82, 2.24) is 30.8 Å². The zero-order valence-electron chi connectivity index (χ0n) is 24.6. The van der Waals surface area contributed by atoms with Gasteiger partial charge >= 0.3 is 5.97 Å². The zero-order valence-corrected chi connectivity index (χ0v) is 24.6. The van der Waals surface area contributed by atoms with E-state index in [1.807, 2.05) is 13.8 Å². The number of carbonyl (C=O) groups is 6. The van der Waals surface area contributed by atoms with E-state index in [2.05, 4.69) is 25.9 Å². The Morgan fingerprint density at radius 3 is 2.24 bits per heavy atom. The average Bonchev–Trinajstić information content (AvgIpc) is 3.61. The van der Waals surface area contributed by atoms with Gasteiger partial charge in [-0.05, 0) is 37.5 Å². The van der Waals surface area contributed by atoms with Gasteiger partial charge in [0, 0.05) is 31.3 Å². The van der Waals surface area contributed by atoms with Gasteiger partial charge in [-0.25, -0.2) is 9.78 Å². The molecule has 0 saturated carbocycles. The van der Waals surface area contributed by atoms with Crippen LogP contribution in [0.5, 0.6) is 0 Å². The lowest BCUT2D eigenvalue weighted by molar-refractivity contribution is -0.142. The number of imidazole rings is 1. The van der Waals surface area contributed by atoms with Crippen LogP contribution in [0, 0.1) is 11.8 Å². The molecule has 1 saturated heterocycles. The van der Waals surface area contributed by atoms with Crippen LogP contribution in [-0.2, 0) is 35.2 Å². The van der Waals surface area contributed by atoms with Gasteiger partial charge < -0.3 is 42.4 Å². The molecule has 2 rings (SSSR count). The molecule has 5 atom stereocenters. The summed E-state index contributed by atoms with van der Waals surface area (Å²) in [7, 11) is 0. The second-order valence-corrected chi connectivity index (χ2v) is 11.4. The zero-order chi connectivity index (χ0) is 31.6. The van der Waals surface area contributed by atoms with Crippen molar-refractivity contribution in [3.8, 4) is 0 Å². The van der Waals surface area contributed by atoms with E-state index in [4.69, 9.17) is 11.5 Å². The Morgan fingerprint density at radius 1 is 1.05 bits per heavy atom. The molecular formula is C27H44N8O7. The van der Waals surface area contributed by atoms with Crippen LogP contribution in [-0.4, -0.2) is 92.2 Å². The number of hydrogen-bond donors (Lipinski definition) is 7. The number of hydrogen-bond acceptors (Lipinski definition) is 8. The molecule has 42 heavy (non-hydrogen) atoms. The lowest BCUT2D eigenvalue weighted by Crippen LogP contribution is -2.58. The van der Waals surface area contributed by atoms with Crippen LogP contribution in [0.25, 0.3) is 0 Å². The van der Waals surface area contributed by atoms with Crippen molar-refractivity contribution < 1.29 is 33.9 Å². The molecule has 0 radical (unpaired) electrons. The third-order valence-electron chi connectivity index (χ3n) is 7.09. The second-order valence-electron chi connectivity index (χ2n) is 11.4. The first-order valence-corrected chi connectivity index (χ1v) is 14.2. The lowest BCUT2D eigenvalue weighted by Gasteiger charge is -2.30. The molecule has 0 aliphatic carbocycles. The highest BCUT2D eigenvalue weighted by atomic mass is 16.4. The molecule has 1 aromatic heterocycles. The maximum atomic E-state index is 13.4. The number of nitrogens with two attached hydrogens (primary N) is 2. The van der Waals surface area contributed by atoms with Crippen LogP contribution in [0.2, 0.25) is 0 Å². The number of amides is 5. The van der Waals surface area contributed by atoms with Crippen molar-refractivity contribution in [3.05, 3.63) is 18.2 Å². The Labute approximate surface area is 244 Å². The van der Waals surface area contributed by atoms with E-state index >= 15 is 0 Å². The molecule has 0 spiro atoms. The van der Waals surface area contributed by atoms with Crippen LogP contribution in [0.1, 0.15) is 65.5 Å². The van der Waals surface area contributed by atoms with E-state index in [-0.39, 0.29) is 43.4 Å². The minimum atomic E-state index is -1.29. The molecule has 0 bridgehead atoms. The largest absolute Gasteiger partial charge is 0.480 e. The molecule has 1 aliphatic heterocycles. The molecule has 0 unspecified atom stereocenters. The summed E-state index contributed by atoms with van der Waals surface area (Å²) in [6, 6.07) is -5.31. The summed E-state index contributed by atoms with van der Waals surface area (Å²) >= 11 is 0. The standard InChI is InChI=1S/C27H44N8O7/c1-14(2)10-18(24(38)34-19(27(41)42)11-16-12-30-13-31-16)33-23(37)17(7-8-21(28)36)32-25(39)20-6-5-9-35(20)26(40)22(29)15(3)4/h12-15,17-20,22H,5-11,29H2,1-4H3,(H2,28,36)(H,30,31)(H,32,39)(H,33,37)(H,34,38)(H,41,42)/t17-,18-,19-,20-,22-/m0/s1. The third kappa shape index (κ3) is 10.1. The number of aliphatic carboxylic acids is 1. The molecule has 1 aliphatic rings. The number of nitrogens with one attached hydrogen (secondary N) is 4. The van der Waals surface area contributed by atoms with Crippen LogP contribution in [0.15, 0.2) is 12.5 Å². The number of carboxylic acids is 1. The van der Waals surface area contributed by atoms with Crippen LogP contribution < -0.4 is 27.4 Å². The van der Waals surface area contributed by atoms with Crippen molar-refractivity contribution in [2.24, 2.45) is 23.3 Å². The predicted molar refractivity (Wildman–Crippen MR) is 151 cm³/mol. The predicted octanol–water partition coefficient (Wildman–Crippen LogP) is -1.22. The molecule has 234 valence electrons. The highest BCUT2D eigenvalue weighted by Gasteiger charge is 2.38. The minimum Gasteiger partial charge on any atom is -0.480 e. The minimum absolute atomic E-state index is 0.0578. The van der Waals surface area contributed by atoms with E-state index in [1.54, 1.807) is 13.8 Å². The van der Waals surface area contributed by atoms with E-state index in [9.17, 15) is 33.9 Å². The fourth-order valence-electron chi connectivity index (χ4n) is 4.67. The first-order chi connectivity index (χ1) is 19.7. The molecule has 0 aromatic carbocycles. The van der Waals surface area contributed by atoms with Crippen molar-refractivity contribution in [2.45, 2.75) is 96.4 Å². The molecule has 1 aromatic rings. The molecule has 9 N–H and O–H groups in total. The van der Waals surface area contributed by atoms with Gasteiger partial charge in [0.25, 0.3) is 0 Å². The number of aromatic amines is 1. The summed E-state index contributed by atoms with van der Waals surface area (Å²) in [6.45, 7) is 7.60. The molecule has 15 nitrogen and oxygen atoms in total. The number of primary amides is 1. The van der Waals surface area contributed by atoms with Gasteiger partial charge in [0.2, 0.25) is 29.5 Å². The van der Waals surface area contributed by atoms with Gasteiger partial charge in [0.05, 0.1) is 12.4 Å². The highest BCUT2D eigenvalue weighted by Crippen LogP contribution is 2.20. The number of likely N-dealkylation sites (tertiary alicyclic amines) is 1. The Hall–Kier alpha value is -4.01. The fourth-order valence-corrected chi connectivity index (χ4v) is 4.67. The van der Waals surface area contributed by atoms with Gasteiger partial charge in [-0.1, -0.05) is 27.7 Å². The summed E-state index contributed by atoms with van der Waals surface area (Å²) in [6.07, 6.45) is 3.52. The van der Waals surface area contributed by atoms with E-state index in [0.29, 0.717) is 25.1 Å². The third-order valence-corrected chi connectivity index (χ3v) is 7.09. The normalized spacial score (nSPS) is 17.8. The Bertz CT molecular complexity index is 1110. The molecule has 15 heteroatoms. The van der Waals surface area contributed by atoms with E-state index in [0.717, 1.165) is 0 Å². The Kier molecular flexibility index (Phi) is 12.9. The number of carbonyl (C=O) groups excluding carboxylic acids is 5. The number of H-pyrrole nitrogens is 1. The van der Waals surface area contributed by atoms with Crippen molar-refractivity contribution in [2.75, 3.05) is 6.54 Å². The molecule has 1 fully saturated rings.